The van der Waals surface area contributed by atoms with Crippen LogP contribution < -0.4 is 5.73 Å². The van der Waals surface area contributed by atoms with Gasteiger partial charge in [0.25, 0.3) is 0 Å². The molecule has 0 aliphatic rings. The molecule has 0 aliphatic carbocycles. The molecule has 14 heavy (non-hydrogen) atoms. The standard InChI is InChI=1S/C11H19NS.ClH/c1-3-4-5-6-10(12)11-9(2)7-8-13-11;/h7-8,10H,3-6,12H2,1-2H3;1H. The summed E-state index contributed by atoms with van der Waals surface area (Å²) in [5.41, 5.74) is 7.45. The van der Waals surface area contributed by atoms with Gasteiger partial charge in [-0.25, -0.2) is 0 Å². The first-order chi connectivity index (χ1) is 6.25. The smallest absolute Gasteiger partial charge is 0.0392 e. The van der Waals surface area contributed by atoms with Crippen LogP contribution >= 0.6 is 23.7 Å². The Balaban J connectivity index is 0.00000169. The predicted octanol–water partition coefficient (Wildman–Crippen LogP) is 4.06. The molecule has 0 fully saturated rings. The largest absolute Gasteiger partial charge is 0.323 e. The summed E-state index contributed by atoms with van der Waals surface area (Å²) in [6, 6.07) is 2.42. The Hall–Kier alpha value is -0.0500. The summed E-state index contributed by atoms with van der Waals surface area (Å²) in [5.74, 6) is 0. The number of nitrogens with two attached hydrogens (primary N) is 1. The predicted molar refractivity (Wildman–Crippen MR) is 67.4 cm³/mol. The molecule has 0 bridgehead atoms. The molecule has 1 unspecified atom stereocenters. The number of unbranched alkanes of at least 4 members (excludes halogenated alkanes) is 2. The zero-order chi connectivity index (χ0) is 9.68. The molecule has 1 aromatic heterocycles. The van der Waals surface area contributed by atoms with Crippen molar-refractivity contribution >= 4 is 23.7 Å². The normalized spacial score (nSPS) is 12.2. The fraction of sp³-hybridized carbons (Fsp3) is 0.636. The topological polar surface area (TPSA) is 26.0 Å². The molecule has 0 radical (unpaired) electrons. The van der Waals surface area contributed by atoms with Crippen molar-refractivity contribution in [1.29, 1.82) is 0 Å². The van der Waals surface area contributed by atoms with Crippen LogP contribution in [-0.2, 0) is 0 Å². The molecule has 0 amide bonds. The highest BCUT2D eigenvalue weighted by atomic mass is 35.5. The Morgan fingerprint density at radius 2 is 2.14 bits per heavy atom. The summed E-state index contributed by atoms with van der Waals surface area (Å²) in [7, 11) is 0. The first kappa shape index (κ1) is 13.9. The van der Waals surface area contributed by atoms with Gasteiger partial charge in [0.2, 0.25) is 0 Å². The highest BCUT2D eigenvalue weighted by Crippen LogP contribution is 2.25. The maximum Gasteiger partial charge on any atom is 0.0392 e. The van der Waals surface area contributed by atoms with Gasteiger partial charge in [0.15, 0.2) is 0 Å². The number of hydrogen-bond donors (Lipinski definition) is 1. The molecule has 0 saturated heterocycles. The van der Waals surface area contributed by atoms with E-state index >= 15 is 0 Å². The summed E-state index contributed by atoms with van der Waals surface area (Å²) in [5, 5.41) is 2.13. The molecule has 0 saturated carbocycles. The average Bonchev–Trinajstić information content (AvgIpc) is 2.52. The number of rotatable bonds is 5. The highest BCUT2D eigenvalue weighted by molar-refractivity contribution is 7.10. The lowest BCUT2D eigenvalue weighted by Gasteiger charge is -2.10. The summed E-state index contributed by atoms with van der Waals surface area (Å²) >= 11 is 1.79. The number of hydrogen-bond acceptors (Lipinski definition) is 2. The van der Waals surface area contributed by atoms with E-state index in [1.54, 1.807) is 11.3 Å². The molecule has 0 aliphatic heterocycles. The highest BCUT2D eigenvalue weighted by Gasteiger charge is 2.09. The monoisotopic (exact) mass is 233 g/mol. The summed E-state index contributed by atoms with van der Waals surface area (Å²) in [4.78, 5) is 1.37. The molecule has 1 atom stereocenters. The fourth-order valence-corrected chi connectivity index (χ4v) is 2.47. The Morgan fingerprint density at radius 1 is 1.43 bits per heavy atom. The van der Waals surface area contributed by atoms with Gasteiger partial charge in [0.1, 0.15) is 0 Å². The van der Waals surface area contributed by atoms with Gasteiger partial charge in [-0.15, -0.1) is 23.7 Å². The van der Waals surface area contributed by atoms with Crippen molar-refractivity contribution in [2.45, 2.75) is 45.6 Å². The van der Waals surface area contributed by atoms with E-state index in [0.717, 1.165) is 6.42 Å². The second-order valence-electron chi connectivity index (χ2n) is 3.57. The Morgan fingerprint density at radius 3 is 2.64 bits per heavy atom. The maximum absolute atomic E-state index is 6.09. The molecule has 2 N–H and O–H groups in total. The van der Waals surface area contributed by atoms with Gasteiger partial charge in [0.05, 0.1) is 0 Å². The molecule has 3 heteroatoms. The van der Waals surface area contributed by atoms with Gasteiger partial charge in [-0.3, -0.25) is 0 Å². The van der Waals surface area contributed by atoms with Crippen LogP contribution in [0.15, 0.2) is 11.4 Å². The molecule has 1 rings (SSSR count). The van der Waals surface area contributed by atoms with Crippen LogP contribution in [0.3, 0.4) is 0 Å². The van der Waals surface area contributed by atoms with Gasteiger partial charge >= 0.3 is 0 Å². The Bertz CT molecular complexity index is 247. The van der Waals surface area contributed by atoms with Gasteiger partial charge in [-0.05, 0) is 30.4 Å². The van der Waals surface area contributed by atoms with Crippen molar-refractivity contribution in [2.24, 2.45) is 5.73 Å². The minimum absolute atomic E-state index is 0. The van der Waals surface area contributed by atoms with Crippen LogP contribution in [0, 0.1) is 6.92 Å². The average molecular weight is 234 g/mol. The van der Waals surface area contributed by atoms with Crippen LogP contribution in [0.25, 0.3) is 0 Å². The molecule has 82 valence electrons. The van der Waals surface area contributed by atoms with Crippen LogP contribution in [0.2, 0.25) is 0 Å². The first-order valence-corrected chi connectivity index (χ1v) is 5.93. The van der Waals surface area contributed by atoms with Crippen LogP contribution in [-0.4, -0.2) is 0 Å². The van der Waals surface area contributed by atoms with E-state index < -0.39 is 0 Å². The first-order valence-electron chi connectivity index (χ1n) is 5.05. The zero-order valence-corrected chi connectivity index (χ0v) is 10.6. The van der Waals surface area contributed by atoms with Gasteiger partial charge in [-0.1, -0.05) is 26.2 Å². The van der Waals surface area contributed by atoms with Gasteiger partial charge < -0.3 is 5.73 Å². The third kappa shape index (κ3) is 3.99. The minimum Gasteiger partial charge on any atom is -0.323 e. The van der Waals surface area contributed by atoms with E-state index in [9.17, 15) is 0 Å². The third-order valence-electron chi connectivity index (χ3n) is 2.36. The molecule has 1 heterocycles. The van der Waals surface area contributed by atoms with E-state index in [0.29, 0.717) is 0 Å². The van der Waals surface area contributed by atoms with Gasteiger partial charge in [-0.2, -0.15) is 0 Å². The number of aryl methyl sites for hydroxylation is 1. The zero-order valence-electron chi connectivity index (χ0n) is 8.95. The fourth-order valence-electron chi connectivity index (χ4n) is 1.51. The lowest BCUT2D eigenvalue weighted by atomic mass is 10.1. The SMILES string of the molecule is CCCCCC(N)c1sccc1C.Cl. The van der Waals surface area contributed by atoms with Crippen molar-refractivity contribution in [3.8, 4) is 0 Å². The second-order valence-corrected chi connectivity index (χ2v) is 4.52. The molecule has 0 spiro atoms. The van der Waals surface area contributed by atoms with Crippen molar-refractivity contribution in [1.82, 2.24) is 0 Å². The van der Waals surface area contributed by atoms with Crippen molar-refractivity contribution in [3.63, 3.8) is 0 Å². The quantitative estimate of drug-likeness (QED) is 0.763. The minimum atomic E-state index is 0. The van der Waals surface area contributed by atoms with E-state index in [1.807, 2.05) is 0 Å². The van der Waals surface area contributed by atoms with Crippen molar-refractivity contribution in [2.75, 3.05) is 0 Å². The van der Waals surface area contributed by atoms with E-state index in [1.165, 1.54) is 29.7 Å². The van der Waals surface area contributed by atoms with E-state index in [-0.39, 0.29) is 18.4 Å². The van der Waals surface area contributed by atoms with E-state index in [4.69, 9.17) is 5.73 Å². The second kappa shape index (κ2) is 7.27. The molecule has 1 nitrogen and oxygen atoms in total. The summed E-state index contributed by atoms with van der Waals surface area (Å²) < 4.78 is 0. The van der Waals surface area contributed by atoms with Crippen molar-refractivity contribution < 1.29 is 0 Å². The lowest BCUT2D eigenvalue weighted by Crippen LogP contribution is -2.09. The van der Waals surface area contributed by atoms with Gasteiger partial charge in [0, 0.05) is 10.9 Å². The van der Waals surface area contributed by atoms with Crippen LogP contribution in [0.1, 0.15) is 49.1 Å². The summed E-state index contributed by atoms with van der Waals surface area (Å²) in [6.45, 7) is 4.37. The third-order valence-corrected chi connectivity index (χ3v) is 3.51. The molecular weight excluding hydrogens is 214 g/mol. The molecular formula is C11H20ClNS. The van der Waals surface area contributed by atoms with Crippen LogP contribution in [0.4, 0.5) is 0 Å². The van der Waals surface area contributed by atoms with Crippen molar-refractivity contribution in [3.05, 3.63) is 21.9 Å². The maximum atomic E-state index is 6.09. The van der Waals surface area contributed by atoms with Crippen LogP contribution in [0.5, 0.6) is 0 Å². The van der Waals surface area contributed by atoms with E-state index in [2.05, 4.69) is 25.3 Å². The molecule has 1 aromatic rings. The number of thiophene rings is 1. The molecule has 0 aromatic carbocycles. The lowest BCUT2D eigenvalue weighted by molar-refractivity contribution is 0.586. The number of halogens is 1. The Kier molecular flexibility index (Phi) is 7.24. The summed E-state index contributed by atoms with van der Waals surface area (Å²) in [6.07, 6.45) is 4.97. The Labute approximate surface area is 97.1 Å².